The Morgan fingerprint density at radius 1 is 1.79 bits per heavy atom. The molecule has 0 aliphatic carbocycles. The highest BCUT2D eigenvalue weighted by molar-refractivity contribution is 5.82. The van der Waals surface area contributed by atoms with E-state index < -0.39 is 5.97 Å². The van der Waals surface area contributed by atoms with Gasteiger partial charge in [0.25, 0.3) is 0 Å². The van der Waals surface area contributed by atoms with Crippen LogP contribution in [-0.4, -0.2) is 25.2 Å². The fourth-order valence-electron chi connectivity index (χ4n) is 1.30. The molecule has 1 rings (SSSR count). The Morgan fingerprint density at radius 3 is 2.86 bits per heavy atom. The van der Waals surface area contributed by atoms with Gasteiger partial charge in [0.2, 0.25) is 0 Å². The highest BCUT2D eigenvalue weighted by Gasteiger charge is 2.44. The quantitative estimate of drug-likeness (QED) is 0.499. The maximum atomic E-state index is 11.3. The Labute approximate surface area is 82.9 Å². The van der Waals surface area contributed by atoms with Gasteiger partial charge in [-0.2, -0.15) is 0 Å². The summed E-state index contributed by atoms with van der Waals surface area (Å²) in [6, 6.07) is 0. The van der Waals surface area contributed by atoms with Crippen LogP contribution in [0.5, 0.6) is 0 Å². The van der Waals surface area contributed by atoms with Gasteiger partial charge >= 0.3 is 11.9 Å². The largest absolute Gasteiger partial charge is 0.465 e. The first-order valence-electron chi connectivity index (χ1n) is 4.43. The Hall–Kier alpha value is -1.32. The summed E-state index contributed by atoms with van der Waals surface area (Å²) in [5, 5.41) is 0. The van der Waals surface area contributed by atoms with Crippen LogP contribution in [0.1, 0.15) is 13.8 Å². The zero-order chi connectivity index (χ0) is 10.8. The van der Waals surface area contributed by atoms with E-state index in [1.807, 2.05) is 13.8 Å². The molecule has 1 unspecified atom stereocenters. The molecule has 1 heterocycles. The van der Waals surface area contributed by atoms with Gasteiger partial charge in [0, 0.05) is 11.5 Å². The van der Waals surface area contributed by atoms with Crippen molar-refractivity contribution in [3.63, 3.8) is 0 Å². The number of ether oxygens (including phenoxy) is 2. The molecule has 0 aromatic carbocycles. The summed E-state index contributed by atoms with van der Waals surface area (Å²) in [4.78, 5) is 22.0. The molecule has 14 heavy (non-hydrogen) atoms. The molecule has 1 aliphatic rings. The monoisotopic (exact) mass is 198 g/mol. The molecule has 4 heteroatoms. The zero-order valence-electron chi connectivity index (χ0n) is 8.41. The van der Waals surface area contributed by atoms with Gasteiger partial charge in [-0.3, -0.25) is 4.79 Å². The van der Waals surface area contributed by atoms with Crippen molar-refractivity contribution in [3.05, 3.63) is 12.7 Å². The predicted octanol–water partition coefficient (Wildman–Crippen LogP) is 0.915. The summed E-state index contributed by atoms with van der Waals surface area (Å²) in [6.45, 7) is 7.53. The van der Waals surface area contributed by atoms with Crippen molar-refractivity contribution in [2.24, 2.45) is 11.3 Å². The average Bonchev–Trinajstić information content (AvgIpc) is 2.38. The number of hydrogen-bond donors (Lipinski definition) is 0. The normalized spacial score (nSPS) is 24.1. The maximum Gasteiger partial charge on any atom is 0.330 e. The molecule has 4 nitrogen and oxygen atoms in total. The zero-order valence-corrected chi connectivity index (χ0v) is 8.41. The lowest BCUT2D eigenvalue weighted by molar-refractivity contribution is -0.146. The van der Waals surface area contributed by atoms with Crippen LogP contribution in [0, 0.1) is 11.3 Å². The summed E-state index contributed by atoms with van der Waals surface area (Å²) in [6.07, 6.45) is 1.08. The standard InChI is InChI=1S/C10H14O4/c1-4-8(11)13-5-7-9(12)14-6-10(7,2)3/h4,7H,1,5-6H2,2-3H3. The average molecular weight is 198 g/mol. The lowest BCUT2D eigenvalue weighted by atomic mass is 9.82. The van der Waals surface area contributed by atoms with Gasteiger partial charge in [0.15, 0.2) is 0 Å². The van der Waals surface area contributed by atoms with Gasteiger partial charge in [-0.15, -0.1) is 0 Å². The second kappa shape index (κ2) is 3.82. The van der Waals surface area contributed by atoms with Crippen LogP contribution in [0.3, 0.4) is 0 Å². The van der Waals surface area contributed by atoms with Crippen LogP contribution in [0.15, 0.2) is 12.7 Å². The summed E-state index contributed by atoms with van der Waals surface area (Å²) in [5.41, 5.74) is -0.265. The molecule has 0 bridgehead atoms. The van der Waals surface area contributed by atoms with E-state index in [-0.39, 0.29) is 23.9 Å². The molecule has 1 saturated heterocycles. The number of rotatable bonds is 3. The van der Waals surface area contributed by atoms with Crippen molar-refractivity contribution >= 4 is 11.9 Å². The van der Waals surface area contributed by atoms with E-state index in [4.69, 9.17) is 9.47 Å². The first-order chi connectivity index (χ1) is 6.47. The molecule has 1 atom stereocenters. The third-order valence-corrected chi connectivity index (χ3v) is 2.37. The van der Waals surface area contributed by atoms with Gasteiger partial charge in [-0.25, -0.2) is 4.79 Å². The van der Waals surface area contributed by atoms with Crippen LogP contribution in [-0.2, 0) is 19.1 Å². The van der Waals surface area contributed by atoms with Crippen LogP contribution < -0.4 is 0 Å². The predicted molar refractivity (Wildman–Crippen MR) is 49.4 cm³/mol. The minimum absolute atomic E-state index is 0.0662. The number of esters is 2. The van der Waals surface area contributed by atoms with E-state index in [1.54, 1.807) is 0 Å². The number of carbonyl (C=O) groups is 2. The van der Waals surface area contributed by atoms with Crippen LogP contribution in [0.2, 0.25) is 0 Å². The molecule has 78 valence electrons. The maximum absolute atomic E-state index is 11.3. The van der Waals surface area contributed by atoms with Crippen molar-refractivity contribution in [3.8, 4) is 0 Å². The SMILES string of the molecule is C=CC(=O)OCC1C(=O)OCC1(C)C. The highest BCUT2D eigenvalue weighted by atomic mass is 16.6. The molecule has 0 aromatic heterocycles. The Morgan fingerprint density at radius 2 is 2.43 bits per heavy atom. The van der Waals surface area contributed by atoms with E-state index in [0.717, 1.165) is 6.08 Å². The Balaban J connectivity index is 2.54. The van der Waals surface area contributed by atoms with E-state index in [9.17, 15) is 9.59 Å². The van der Waals surface area contributed by atoms with Gasteiger partial charge in [-0.1, -0.05) is 20.4 Å². The second-order valence-corrected chi connectivity index (χ2v) is 3.98. The minimum atomic E-state index is -0.513. The molecule has 1 fully saturated rings. The number of hydrogen-bond acceptors (Lipinski definition) is 4. The summed E-state index contributed by atoms with van der Waals surface area (Å²) < 4.78 is 9.71. The third-order valence-electron chi connectivity index (χ3n) is 2.37. The van der Waals surface area contributed by atoms with Crippen LogP contribution >= 0.6 is 0 Å². The molecule has 0 saturated carbocycles. The van der Waals surface area contributed by atoms with Crippen molar-refractivity contribution in [1.29, 1.82) is 0 Å². The smallest absolute Gasteiger partial charge is 0.330 e. The van der Waals surface area contributed by atoms with Crippen LogP contribution in [0.4, 0.5) is 0 Å². The second-order valence-electron chi connectivity index (χ2n) is 3.98. The van der Waals surface area contributed by atoms with Crippen LogP contribution in [0.25, 0.3) is 0 Å². The number of carbonyl (C=O) groups excluding carboxylic acids is 2. The highest BCUT2D eigenvalue weighted by Crippen LogP contribution is 2.34. The first-order valence-corrected chi connectivity index (χ1v) is 4.43. The van der Waals surface area contributed by atoms with E-state index in [1.165, 1.54) is 0 Å². The summed E-state index contributed by atoms with van der Waals surface area (Å²) in [7, 11) is 0. The Kier molecular flexibility index (Phi) is 2.93. The van der Waals surface area contributed by atoms with Crippen molar-refractivity contribution in [2.45, 2.75) is 13.8 Å². The summed E-state index contributed by atoms with van der Waals surface area (Å²) in [5.74, 6) is -1.18. The molecule has 0 radical (unpaired) electrons. The molecular formula is C10H14O4. The van der Waals surface area contributed by atoms with Crippen molar-refractivity contribution in [1.82, 2.24) is 0 Å². The molecule has 1 aliphatic heterocycles. The van der Waals surface area contributed by atoms with E-state index >= 15 is 0 Å². The minimum Gasteiger partial charge on any atom is -0.465 e. The molecule has 0 N–H and O–H groups in total. The van der Waals surface area contributed by atoms with Gasteiger partial charge in [0.05, 0.1) is 12.5 Å². The molecular weight excluding hydrogens is 184 g/mol. The summed E-state index contributed by atoms with van der Waals surface area (Å²) >= 11 is 0. The first kappa shape index (κ1) is 10.8. The van der Waals surface area contributed by atoms with E-state index in [2.05, 4.69) is 6.58 Å². The molecule has 0 amide bonds. The van der Waals surface area contributed by atoms with Gasteiger partial charge in [0.1, 0.15) is 6.61 Å². The topological polar surface area (TPSA) is 52.6 Å². The Bertz CT molecular complexity index is 267. The van der Waals surface area contributed by atoms with Crippen molar-refractivity contribution in [2.75, 3.05) is 13.2 Å². The fourth-order valence-corrected chi connectivity index (χ4v) is 1.30. The lowest BCUT2D eigenvalue weighted by Gasteiger charge is -2.20. The van der Waals surface area contributed by atoms with Crippen molar-refractivity contribution < 1.29 is 19.1 Å². The lowest BCUT2D eigenvalue weighted by Crippen LogP contribution is -2.29. The van der Waals surface area contributed by atoms with Gasteiger partial charge in [-0.05, 0) is 0 Å². The molecule has 0 aromatic rings. The van der Waals surface area contributed by atoms with Gasteiger partial charge < -0.3 is 9.47 Å². The molecule has 0 spiro atoms. The van der Waals surface area contributed by atoms with E-state index in [0.29, 0.717) is 6.61 Å². The fraction of sp³-hybridized carbons (Fsp3) is 0.600. The third kappa shape index (κ3) is 2.13. The number of cyclic esters (lactones) is 1.